The summed E-state index contributed by atoms with van der Waals surface area (Å²) in [6, 6.07) is 17.5. The third-order valence-corrected chi connectivity index (χ3v) is 3.06. The number of para-hydroxylation sites is 1. The Bertz CT molecular complexity index is 517. The predicted molar refractivity (Wildman–Crippen MR) is 75.0 cm³/mol. The van der Waals surface area contributed by atoms with Crippen LogP contribution in [0.4, 0.5) is 5.69 Å². The van der Waals surface area contributed by atoms with E-state index >= 15 is 0 Å². The lowest BCUT2D eigenvalue weighted by Crippen LogP contribution is -2.26. The molecule has 0 atom stereocenters. The summed E-state index contributed by atoms with van der Waals surface area (Å²) >= 11 is 0. The van der Waals surface area contributed by atoms with E-state index in [1.54, 1.807) is 11.9 Å². The summed E-state index contributed by atoms with van der Waals surface area (Å²) in [4.78, 5) is 13.9. The highest BCUT2D eigenvalue weighted by Gasteiger charge is 2.12. The molecule has 0 aliphatic rings. The molecular formula is C16H17NO. The van der Waals surface area contributed by atoms with Crippen LogP contribution in [-0.4, -0.2) is 13.0 Å². The maximum absolute atomic E-state index is 12.3. The molecule has 0 unspecified atom stereocenters. The zero-order valence-electron chi connectivity index (χ0n) is 10.8. The Morgan fingerprint density at radius 2 is 1.61 bits per heavy atom. The topological polar surface area (TPSA) is 20.3 Å². The van der Waals surface area contributed by atoms with Gasteiger partial charge in [-0.1, -0.05) is 37.3 Å². The van der Waals surface area contributed by atoms with E-state index in [0.717, 1.165) is 17.7 Å². The van der Waals surface area contributed by atoms with Crippen LogP contribution in [0, 0.1) is 0 Å². The van der Waals surface area contributed by atoms with E-state index in [-0.39, 0.29) is 5.91 Å². The fraction of sp³-hybridized carbons (Fsp3) is 0.188. The normalized spacial score (nSPS) is 10.1. The van der Waals surface area contributed by atoms with Crippen LogP contribution in [0.15, 0.2) is 54.6 Å². The van der Waals surface area contributed by atoms with Crippen molar-refractivity contribution in [2.75, 3.05) is 11.9 Å². The van der Waals surface area contributed by atoms with Crippen molar-refractivity contribution < 1.29 is 4.79 Å². The predicted octanol–water partition coefficient (Wildman–Crippen LogP) is 3.53. The lowest BCUT2D eigenvalue weighted by Gasteiger charge is -2.17. The lowest BCUT2D eigenvalue weighted by atomic mass is 10.1. The van der Waals surface area contributed by atoms with Gasteiger partial charge in [0.15, 0.2) is 0 Å². The Kier molecular flexibility index (Phi) is 3.78. The van der Waals surface area contributed by atoms with Crippen LogP contribution in [-0.2, 0) is 6.42 Å². The van der Waals surface area contributed by atoms with Crippen LogP contribution in [0.1, 0.15) is 22.8 Å². The van der Waals surface area contributed by atoms with E-state index in [9.17, 15) is 4.79 Å². The Labute approximate surface area is 108 Å². The molecule has 0 saturated heterocycles. The third-order valence-electron chi connectivity index (χ3n) is 3.06. The molecule has 0 N–H and O–H groups in total. The van der Waals surface area contributed by atoms with Gasteiger partial charge in [-0.15, -0.1) is 0 Å². The molecule has 1 amide bonds. The molecule has 0 saturated carbocycles. The fourth-order valence-electron chi connectivity index (χ4n) is 1.85. The Morgan fingerprint density at radius 3 is 2.17 bits per heavy atom. The molecule has 18 heavy (non-hydrogen) atoms. The number of hydrogen-bond donors (Lipinski definition) is 0. The first-order valence-corrected chi connectivity index (χ1v) is 6.14. The van der Waals surface area contributed by atoms with Gasteiger partial charge in [0.05, 0.1) is 0 Å². The average molecular weight is 239 g/mol. The number of benzene rings is 2. The Hall–Kier alpha value is -2.09. The molecule has 2 nitrogen and oxygen atoms in total. The van der Waals surface area contributed by atoms with Crippen molar-refractivity contribution in [2.24, 2.45) is 0 Å². The molecule has 0 aromatic heterocycles. The van der Waals surface area contributed by atoms with Crippen LogP contribution in [0.5, 0.6) is 0 Å². The van der Waals surface area contributed by atoms with Gasteiger partial charge in [0.25, 0.3) is 5.91 Å². The van der Waals surface area contributed by atoms with Crippen LogP contribution < -0.4 is 4.90 Å². The van der Waals surface area contributed by atoms with Crippen molar-refractivity contribution in [1.29, 1.82) is 0 Å². The molecule has 0 radical (unpaired) electrons. The Morgan fingerprint density at radius 1 is 1.00 bits per heavy atom. The van der Waals surface area contributed by atoms with Crippen molar-refractivity contribution in [3.05, 3.63) is 65.7 Å². The number of amides is 1. The van der Waals surface area contributed by atoms with Gasteiger partial charge >= 0.3 is 0 Å². The summed E-state index contributed by atoms with van der Waals surface area (Å²) in [6.07, 6.45) is 0.989. The second-order valence-corrected chi connectivity index (χ2v) is 4.25. The smallest absolute Gasteiger partial charge is 0.258 e. The quantitative estimate of drug-likeness (QED) is 0.802. The minimum Gasteiger partial charge on any atom is -0.311 e. The molecule has 2 aromatic rings. The summed E-state index contributed by atoms with van der Waals surface area (Å²) in [7, 11) is 1.80. The van der Waals surface area contributed by atoms with Crippen LogP contribution in [0.3, 0.4) is 0 Å². The monoisotopic (exact) mass is 239 g/mol. The van der Waals surface area contributed by atoms with E-state index in [1.807, 2.05) is 54.6 Å². The third kappa shape index (κ3) is 2.59. The molecule has 0 aliphatic carbocycles. The molecular weight excluding hydrogens is 222 g/mol. The number of carbonyl (C=O) groups is 1. The van der Waals surface area contributed by atoms with E-state index in [2.05, 4.69) is 6.92 Å². The van der Waals surface area contributed by atoms with Gasteiger partial charge in [0.1, 0.15) is 0 Å². The minimum absolute atomic E-state index is 0.0175. The maximum Gasteiger partial charge on any atom is 0.258 e. The van der Waals surface area contributed by atoms with Gasteiger partial charge in [-0.25, -0.2) is 0 Å². The molecule has 2 heteroatoms. The summed E-state index contributed by atoms with van der Waals surface area (Å²) < 4.78 is 0. The molecule has 0 aliphatic heterocycles. The summed E-state index contributed by atoms with van der Waals surface area (Å²) in [6.45, 7) is 2.10. The van der Waals surface area contributed by atoms with Crippen molar-refractivity contribution in [1.82, 2.24) is 0 Å². The highest BCUT2D eigenvalue weighted by atomic mass is 16.2. The molecule has 2 rings (SSSR count). The Balaban J connectivity index is 2.20. The molecule has 92 valence electrons. The van der Waals surface area contributed by atoms with Gasteiger partial charge in [-0.2, -0.15) is 0 Å². The van der Waals surface area contributed by atoms with Gasteiger partial charge in [-0.05, 0) is 36.2 Å². The second kappa shape index (κ2) is 5.50. The highest BCUT2D eigenvalue weighted by molar-refractivity contribution is 6.05. The number of aryl methyl sites for hydroxylation is 1. The zero-order valence-corrected chi connectivity index (χ0v) is 10.8. The molecule has 0 spiro atoms. The number of carbonyl (C=O) groups excluding carboxylic acids is 1. The maximum atomic E-state index is 12.3. The zero-order chi connectivity index (χ0) is 13.0. The van der Waals surface area contributed by atoms with Crippen molar-refractivity contribution in [3.8, 4) is 0 Å². The number of nitrogens with zero attached hydrogens (tertiary/aromatic N) is 1. The SMILES string of the molecule is CCc1ccc(C(=O)N(C)c2ccccc2)cc1. The van der Waals surface area contributed by atoms with Crippen molar-refractivity contribution >= 4 is 11.6 Å². The first kappa shape index (κ1) is 12.4. The van der Waals surface area contributed by atoms with Gasteiger partial charge in [0, 0.05) is 18.3 Å². The van der Waals surface area contributed by atoms with Crippen molar-refractivity contribution in [2.45, 2.75) is 13.3 Å². The first-order chi connectivity index (χ1) is 8.72. The second-order valence-electron chi connectivity index (χ2n) is 4.25. The van der Waals surface area contributed by atoms with Crippen LogP contribution in [0.25, 0.3) is 0 Å². The number of anilines is 1. The minimum atomic E-state index is 0.0175. The fourth-order valence-corrected chi connectivity index (χ4v) is 1.85. The molecule has 0 heterocycles. The molecule has 0 bridgehead atoms. The first-order valence-electron chi connectivity index (χ1n) is 6.14. The van der Waals surface area contributed by atoms with E-state index in [4.69, 9.17) is 0 Å². The average Bonchev–Trinajstić information content (AvgIpc) is 2.47. The van der Waals surface area contributed by atoms with Crippen molar-refractivity contribution in [3.63, 3.8) is 0 Å². The number of hydrogen-bond acceptors (Lipinski definition) is 1. The standard InChI is InChI=1S/C16H17NO/c1-3-13-9-11-14(12-10-13)16(18)17(2)15-7-5-4-6-8-15/h4-12H,3H2,1-2H3. The van der Waals surface area contributed by atoms with Gasteiger partial charge in [0.2, 0.25) is 0 Å². The van der Waals surface area contributed by atoms with E-state index < -0.39 is 0 Å². The summed E-state index contributed by atoms with van der Waals surface area (Å²) in [5.41, 5.74) is 2.87. The van der Waals surface area contributed by atoms with E-state index in [0.29, 0.717) is 0 Å². The van der Waals surface area contributed by atoms with Crippen LogP contribution in [0.2, 0.25) is 0 Å². The van der Waals surface area contributed by atoms with Gasteiger partial charge in [-0.3, -0.25) is 4.79 Å². The molecule has 0 fully saturated rings. The van der Waals surface area contributed by atoms with Gasteiger partial charge < -0.3 is 4.90 Å². The number of rotatable bonds is 3. The molecule has 2 aromatic carbocycles. The summed E-state index contributed by atoms with van der Waals surface area (Å²) in [5.74, 6) is 0.0175. The lowest BCUT2D eigenvalue weighted by molar-refractivity contribution is 0.0993. The summed E-state index contributed by atoms with van der Waals surface area (Å²) in [5, 5.41) is 0. The van der Waals surface area contributed by atoms with Crippen LogP contribution >= 0.6 is 0 Å². The largest absolute Gasteiger partial charge is 0.311 e. The highest BCUT2D eigenvalue weighted by Crippen LogP contribution is 2.15. The van der Waals surface area contributed by atoms with E-state index in [1.165, 1.54) is 5.56 Å².